The Morgan fingerprint density at radius 1 is 1.37 bits per heavy atom. The van der Waals surface area contributed by atoms with Gasteiger partial charge in [0.05, 0.1) is 6.20 Å². The van der Waals surface area contributed by atoms with Crippen molar-refractivity contribution in [3.8, 4) is 0 Å². The Morgan fingerprint density at radius 3 is 2.69 bits per heavy atom. The lowest BCUT2D eigenvalue weighted by molar-refractivity contribution is -0.192. The first-order valence-electron chi connectivity index (χ1n) is 10.2. The number of amides is 2. The number of thioether (sulfide) groups is 2. The highest BCUT2D eigenvalue weighted by Crippen LogP contribution is 2.47. The number of methoxy groups -OCH3 is 1. The average Bonchev–Trinajstić information content (AvgIpc) is 3.43. The van der Waals surface area contributed by atoms with Crippen molar-refractivity contribution in [3.05, 3.63) is 23.2 Å². The van der Waals surface area contributed by atoms with Crippen molar-refractivity contribution < 1.29 is 29.3 Å². The van der Waals surface area contributed by atoms with Crippen LogP contribution in [-0.2, 0) is 38.3 Å². The molecule has 4 heterocycles. The number of aliphatic carboxylic acids is 1. The molecule has 1 saturated heterocycles. The second-order valence-electron chi connectivity index (χ2n) is 8.32. The summed E-state index contributed by atoms with van der Waals surface area (Å²) in [6, 6.07) is 0. The number of carbonyl (C=O) groups excluding carboxylic acids is 2. The fourth-order valence-electron chi connectivity index (χ4n) is 3.60. The third kappa shape index (κ3) is 4.51. The van der Waals surface area contributed by atoms with Crippen molar-refractivity contribution in [2.45, 2.75) is 42.2 Å². The second-order valence-corrected chi connectivity index (χ2v) is 10.3. The number of aryl methyl sites for hydroxylation is 1. The first-order valence-corrected chi connectivity index (χ1v) is 12.3. The standard InChI is InChI=1S/C18H23N9O6S2/c1-17(2,32)10-5-26(23-20-10)6-11(28)19-18(33-4)14(31)27-12(13(29)30)9(7-34-15(18)27)8-35-16-21-22-24-25(16)3/h5,15,32H,6-8H2,1-4H3,(H,19,28)(H,29,30)/t15-,18+/m1/s1. The molecule has 0 radical (unpaired) electrons. The fourth-order valence-corrected chi connectivity index (χ4v) is 6.03. The first kappa shape index (κ1) is 25.1. The van der Waals surface area contributed by atoms with Gasteiger partial charge in [0.15, 0.2) is 0 Å². The Labute approximate surface area is 207 Å². The Morgan fingerprint density at radius 2 is 2.11 bits per heavy atom. The molecule has 17 heteroatoms. The maximum absolute atomic E-state index is 13.2. The average molecular weight is 526 g/mol. The highest BCUT2D eigenvalue weighted by Gasteiger charge is 2.66. The Hall–Kier alpha value is -3.02. The number of carboxylic acids is 1. The van der Waals surface area contributed by atoms with Gasteiger partial charge < -0.3 is 20.3 Å². The zero-order valence-electron chi connectivity index (χ0n) is 19.2. The zero-order chi connectivity index (χ0) is 25.5. The van der Waals surface area contributed by atoms with Crippen LogP contribution < -0.4 is 5.32 Å². The van der Waals surface area contributed by atoms with Gasteiger partial charge in [0.25, 0.3) is 11.6 Å². The molecule has 2 aliphatic heterocycles. The zero-order valence-corrected chi connectivity index (χ0v) is 20.8. The van der Waals surface area contributed by atoms with Crippen LogP contribution in [0.25, 0.3) is 0 Å². The molecule has 1 fully saturated rings. The van der Waals surface area contributed by atoms with Crippen molar-refractivity contribution in [2.75, 3.05) is 18.6 Å². The summed E-state index contributed by atoms with van der Waals surface area (Å²) in [7, 11) is 2.94. The second kappa shape index (κ2) is 9.21. The van der Waals surface area contributed by atoms with Crippen LogP contribution in [-0.4, -0.2) is 97.8 Å². The normalized spacial score (nSPS) is 22.1. The van der Waals surface area contributed by atoms with Gasteiger partial charge in [-0.1, -0.05) is 17.0 Å². The van der Waals surface area contributed by atoms with E-state index in [1.807, 2.05) is 0 Å². The number of hydrogen-bond donors (Lipinski definition) is 3. The van der Waals surface area contributed by atoms with Crippen LogP contribution in [0.1, 0.15) is 19.5 Å². The Balaban J connectivity index is 1.50. The molecule has 3 N–H and O–H groups in total. The number of aliphatic hydroxyl groups is 1. The predicted molar refractivity (Wildman–Crippen MR) is 120 cm³/mol. The van der Waals surface area contributed by atoms with E-state index in [1.165, 1.54) is 60.0 Å². The van der Waals surface area contributed by atoms with E-state index in [1.54, 1.807) is 7.05 Å². The number of rotatable bonds is 9. The lowest BCUT2D eigenvalue weighted by atomic mass is 9.98. The summed E-state index contributed by atoms with van der Waals surface area (Å²) in [5, 5.41) is 41.0. The molecule has 0 spiro atoms. The van der Waals surface area contributed by atoms with E-state index in [2.05, 4.69) is 31.2 Å². The van der Waals surface area contributed by atoms with Crippen LogP contribution in [0, 0.1) is 0 Å². The topological polar surface area (TPSA) is 190 Å². The van der Waals surface area contributed by atoms with Crippen LogP contribution in [0.5, 0.6) is 0 Å². The molecular formula is C18H23N9O6S2. The summed E-state index contributed by atoms with van der Waals surface area (Å²) in [5.41, 5.74) is -2.30. The number of ether oxygens (including phenoxy) is 1. The first-order chi connectivity index (χ1) is 16.5. The molecular weight excluding hydrogens is 502 g/mol. The SMILES string of the molecule is CO[C@@]1(NC(=O)Cn2cc(C(C)(C)O)nn2)C(=O)N2C(C(=O)O)=C(CSc3nnnn3C)CS[C@@H]21. The monoisotopic (exact) mass is 525 g/mol. The summed E-state index contributed by atoms with van der Waals surface area (Å²) in [4.78, 5) is 39.1. The van der Waals surface area contributed by atoms with Gasteiger partial charge in [-0.2, -0.15) is 0 Å². The van der Waals surface area contributed by atoms with Gasteiger partial charge in [-0.3, -0.25) is 14.5 Å². The number of nitrogens with one attached hydrogen (secondary N) is 1. The van der Waals surface area contributed by atoms with Crippen molar-refractivity contribution in [1.82, 2.24) is 45.4 Å². The summed E-state index contributed by atoms with van der Waals surface area (Å²) in [5.74, 6) is -1.98. The van der Waals surface area contributed by atoms with Gasteiger partial charge in [0.1, 0.15) is 28.9 Å². The van der Waals surface area contributed by atoms with Gasteiger partial charge >= 0.3 is 5.97 Å². The molecule has 2 aliphatic rings. The summed E-state index contributed by atoms with van der Waals surface area (Å²) < 4.78 is 8.13. The number of carbonyl (C=O) groups is 3. The molecule has 15 nitrogen and oxygen atoms in total. The van der Waals surface area contributed by atoms with Crippen molar-refractivity contribution in [3.63, 3.8) is 0 Å². The fraction of sp³-hybridized carbons (Fsp3) is 0.556. The molecule has 2 atom stereocenters. The largest absolute Gasteiger partial charge is 0.477 e. The molecule has 188 valence electrons. The lowest BCUT2D eigenvalue weighted by Crippen LogP contribution is -2.80. The minimum absolute atomic E-state index is 0.144. The molecule has 0 aliphatic carbocycles. The maximum atomic E-state index is 13.2. The number of nitrogens with zero attached hydrogens (tertiary/aromatic N) is 8. The van der Waals surface area contributed by atoms with Crippen molar-refractivity contribution in [1.29, 1.82) is 0 Å². The molecule has 2 amide bonds. The Kier molecular flexibility index (Phi) is 6.60. The van der Waals surface area contributed by atoms with E-state index < -0.39 is 34.5 Å². The minimum atomic E-state index is -1.73. The van der Waals surface area contributed by atoms with Crippen molar-refractivity contribution >= 4 is 41.3 Å². The summed E-state index contributed by atoms with van der Waals surface area (Å²) in [6.07, 6.45) is 1.42. The molecule has 35 heavy (non-hydrogen) atoms. The number of β-lactam (4-membered cyclic amide) rings is 1. The van der Waals surface area contributed by atoms with Gasteiger partial charge in [-0.25, -0.2) is 14.2 Å². The number of aromatic nitrogens is 7. The molecule has 0 unspecified atom stereocenters. The summed E-state index contributed by atoms with van der Waals surface area (Å²) in [6.45, 7) is 2.79. The Bertz CT molecular complexity index is 1210. The van der Waals surface area contributed by atoms with Gasteiger partial charge in [0, 0.05) is 25.7 Å². The number of fused-ring (bicyclic) bond motifs is 1. The molecule has 0 saturated carbocycles. The van der Waals surface area contributed by atoms with Gasteiger partial charge in [0.2, 0.25) is 11.1 Å². The van der Waals surface area contributed by atoms with E-state index in [0.717, 1.165) is 4.90 Å². The predicted octanol–water partition coefficient (Wildman–Crippen LogP) is -1.47. The molecule has 2 aromatic rings. The van der Waals surface area contributed by atoms with Crippen LogP contribution >= 0.6 is 23.5 Å². The van der Waals surface area contributed by atoms with Gasteiger partial charge in [-0.05, 0) is 29.8 Å². The summed E-state index contributed by atoms with van der Waals surface area (Å²) >= 11 is 2.53. The highest BCUT2D eigenvalue weighted by molar-refractivity contribution is 8.01. The molecule has 4 rings (SSSR count). The molecule has 2 aromatic heterocycles. The van der Waals surface area contributed by atoms with Crippen LogP contribution in [0.15, 0.2) is 22.6 Å². The third-order valence-electron chi connectivity index (χ3n) is 5.39. The van der Waals surface area contributed by atoms with Crippen molar-refractivity contribution in [2.24, 2.45) is 7.05 Å². The third-order valence-corrected chi connectivity index (χ3v) is 7.86. The van der Waals surface area contributed by atoms with E-state index in [0.29, 0.717) is 16.5 Å². The number of tetrazole rings is 1. The molecule has 0 bridgehead atoms. The number of hydrogen-bond acceptors (Lipinski definition) is 12. The van der Waals surface area contributed by atoms with Crippen LogP contribution in [0.3, 0.4) is 0 Å². The van der Waals surface area contributed by atoms with Crippen LogP contribution in [0.4, 0.5) is 0 Å². The molecule has 0 aromatic carbocycles. The smallest absolute Gasteiger partial charge is 0.352 e. The van der Waals surface area contributed by atoms with E-state index in [-0.39, 0.29) is 23.7 Å². The van der Waals surface area contributed by atoms with Crippen LogP contribution in [0.2, 0.25) is 0 Å². The number of carboxylic acid groups (broad SMARTS) is 1. The highest BCUT2D eigenvalue weighted by atomic mass is 32.2. The van der Waals surface area contributed by atoms with E-state index in [4.69, 9.17) is 4.74 Å². The lowest BCUT2D eigenvalue weighted by Gasteiger charge is -2.55. The maximum Gasteiger partial charge on any atom is 0.352 e. The van der Waals surface area contributed by atoms with E-state index in [9.17, 15) is 24.6 Å². The quantitative estimate of drug-likeness (QED) is 0.196. The van der Waals surface area contributed by atoms with E-state index >= 15 is 0 Å². The minimum Gasteiger partial charge on any atom is -0.477 e. The van der Waals surface area contributed by atoms with Gasteiger partial charge in [-0.15, -0.1) is 22.0 Å².